The highest BCUT2D eigenvalue weighted by molar-refractivity contribution is 7.93. The first-order valence-corrected chi connectivity index (χ1v) is 13.8. The summed E-state index contributed by atoms with van der Waals surface area (Å²) >= 11 is 0. The molecular formula is C30H25F3N2O4S. The van der Waals surface area contributed by atoms with Crippen LogP contribution in [-0.2, 0) is 34.0 Å². The standard InChI is InChI=1S/C30H25F3N2O4S/c1-39-28-12-5-3-8-23(28)19-34-29(36)27-18-22-7-2-4-11-26(22)35(27)40(37,38)25-15-13-20(14-16-25)21-9-6-10-24(17-21)30(31,32)33/h2-17,27H,18-19H2,1H3,(H,34,36)/t27-/m0/s1. The number of benzene rings is 4. The predicted octanol–water partition coefficient (Wildman–Crippen LogP) is 5.82. The molecule has 0 saturated heterocycles. The topological polar surface area (TPSA) is 75.7 Å². The number of amides is 1. The van der Waals surface area contributed by atoms with E-state index in [2.05, 4.69) is 5.32 Å². The van der Waals surface area contributed by atoms with Gasteiger partial charge >= 0.3 is 6.18 Å². The van der Waals surface area contributed by atoms with E-state index in [1.54, 1.807) is 30.3 Å². The molecule has 1 heterocycles. The zero-order valence-electron chi connectivity index (χ0n) is 21.4. The number of alkyl halides is 3. The lowest BCUT2D eigenvalue weighted by atomic mass is 10.0. The number of carbonyl (C=O) groups excluding carboxylic acids is 1. The van der Waals surface area contributed by atoms with Gasteiger partial charge in [0, 0.05) is 18.5 Å². The summed E-state index contributed by atoms with van der Waals surface area (Å²) in [6, 6.07) is 23.5. The van der Waals surface area contributed by atoms with Gasteiger partial charge in [0.1, 0.15) is 11.8 Å². The summed E-state index contributed by atoms with van der Waals surface area (Å²) in [7, 11) is -2.68. The number of ether oxygens (including phenoxy) is 1. The number of rotatable bonds is 7. The van der Waals surface area contributed by atoms with Gasteiger partial charge in [0.15, 0.2) is 0 Å². The Bertz CT molecular complexity index is 1650. The Hall–Kier alpha value is -4.31. The first-order chi connectivity index (χ1) is 19.1. The number of carbonyl (C=O) groups is 1. The number of hydrogen-bond donors (Lipinski definition) is 1. The minimum absolute atomic E-state index is 0.0811. The Balaban J connectivity index is 1.43. The molecule has 1 atom stereocenters. The van der Waals surface area contributed by atoms with Crippen molar-refractivity contribution in [3.8, 4) is 16.9 Å². The highest BCUT2D eigenvalue weighted by Crippen LogP contribution is 2.38. The normalized spacial score (nSPS) is 15.0. The van der Waals surface area contributed by atoms with Gasteiger partial charge in [0.25, 0.3) is 10.0 Å². The molecule has 0 bridgehead atoms. The van der Waals surface area contributed by atoms with Crippen LogP contribution in [0.4, 0.5) is 18.9 Å². The van der Waals surface area contributed by atoms with Crippen LogP contribution in [-0.4, -0.2) is 27.5 Å². The molecule has 4 aromatic rings. The van der Waals surface area contributed by atoms with Crippen molar-refractivity contribution >= 4 is 21.6 Å². The zero-order chi connectivity index (χ0) is 28.5. The lowest BCUT2D eigenvalue weighted by molar-refractivity contribution is -0.137. The average Bonchev–Trinajstić information content (AvgIpc) is 3.36. The molecule has 0 aromatic heterocycles. The van der Waals surface area contributed by atoms with Crippen LogP contribution in [0, 0.1) is 0 Å². The Morgan fingerprint density at radius 3 is 2.35 bits per heavy atom. The van der Waals surface area contributed by atoms with E-state index in [1.165, 1.54) is 43.5 Å². The maximum atomic E-state index is 13.9. The van der Waals surface area contributed by atoms with Crippen LogP contribution >= 0.6 is 0 Å². The molecular weight excluding hydrogens is 541 g/mol. The quantitative estimate of drug-likeness (QED) is 0.306. The van der Waals surface area contributed by atoms with Crippen LogP contribution in [0.3, 0.4) is 0 Å². The van der Waals surface area contributed by atoms with E-state index in [0.717, 1.165) is 22.0 Å². The molecule has 206 valence electrons. The maximum Gasteiger partial charge on any atom is 0.416 e. The third-order valence-corrected chi connectivity index (χ3v) is 8.64. The number of halogens is 3. The van der Waals surface area contributed by atoms with Crippen LogP contribution in [0.2, 0.25) is 0 Å². The van der Waals surface area contributed by atoms with Gasteiger partial charge in [0.05, 0.1) is 23.3 Å². The second kappa shape index (κ2) is 10.7. The second-order valence-electron chi connectivity index (χ2n) is 9.28. The van der Waals surface area contributed by atoms with Crippen molar-refractivity contribution in [2.24, 2.45) is 0 Å². The van der Waals surface area contributed by atoms with Gasteiger partial charge in [-0.15, -0.1) is 0 Å². The van der Waals surface area contributed by atoms with Crippen molar-refractivity contribution in [2.75, 3.05) is 11.4 Å². The number of sulfonamides is 1. The van der Waals surface area contributed by atoms with Gasteiger partial charge in [-0.1, -0.05) is 60.7 Å². The first kappa shape index (κ1) is 27.3. The third-order valence-electron chi connectivity index (χ3n) is 6.81. The second-order valence-corrected chi connectivity index (χ2v) is 11.1. The lowest BCUT2D eigenvalue weighted by Crippen LogP contribution is -2.47. The molecule has 0 radical (unpaired) electrons. The number of methoxy groups -OCH3 is 1. The van der Waals surface area contributed by atoms with Gasteiger partial charge in [-0.25, -0.2) is 8.42 Å². The van der Waals surface area contributed by atoms with Crippen molar-refractivity contribution in [1.82, 2.24) is 5.32 Å². The highest BCUT2D eigenvalue weighted by atomic mass is 32.2. The van der Waals surface area contributed by atoms with E-state index < -0.39 is 33.7 Å². The number of nitrogens with zero attached hydrogens (tertiary/aromatic N) is 1. The molecule has 0 spiro atoms. The predicted molar refractivity (Wildman–Crippen MR) is 145 cm³/mol. The largest absolute Gasteiger partial charge is 0.496 e. The Kier molecular flexibility index (Phi) is 7.29. The molecule has 6 nitrogen and oxygen atoms in total. The molecule has 10 heteroatoms. The SMILES string of the molecule is COc1ccccc1CNC(=O)[C@@H]1Cc2ccccc2N1S(=O)(=O)c1ccc(-c2cccc(C(F)(F)F)c2)cc1. The average molecular weight is 567 g/mol. The third kappa shape index (κ3) is 5.27. The molecule has 0 saturated carbocycles. The van der Waals surface area contributed by atoms with Gasteiger partial charge < -0.3 is 10.1 Å². The van der Waals surface area contributed by atoms with Crippen LogP contribution in [0.1, 0.15) is 16.7 Å². The van der Waals surface area contributed by atoms with E-state index in [1.807, 2.05) is 18.2 Å². The van der Waals surface area contributed by atoms with Gasteiger partial charge in [-0.2, -0.15) is 13.2 Å². The number of anilines is 1. The molecule has 1 aliphatic heterocycles. The molecule has 0 fully saturated rings. The molecule has 5 rings (SSSR count). The van der Waals surface area contributed by atoms with Crippen molar-refractivity contribution in [3.05, 3.63) is 114 Å². The van der Waals surface area contributed by atoms with Gasteiger partial charge in [0.2, 0.25) is 5.91 Å². The monoisotopic (exact) mass is 566 g/mol. The fourth-order valence-electron chi connectivity index (χ4n) is 4.81. The number of para-hydroxylation sites is 2. The highest BCUT2D eigenvalue weighted by Gasteiger charge is 2.42. The maximum absolute atomic E-state index is 13.9. The molecule has 1 amide bonds. The minimum Gasteiger partial charge on any atom is -0.496 e. The summed E-state index contributed by atoms with van der Waals surface area (Å²) in [6.45, 7) is 0.148. The van der Waals surface area contributed by atoms with E-state index in [-0.39, 0.29) is 17.9 Å². The minimum atomic E-state index is -4.50. The summed E-state index contributed by atoms with van der Waals surface area (Å²) in [5.74, 6) is 0.133. The number of fused-ring (bicyclic) bond motifs is 1. The van der Waals surface area contributed by atoms with Gasteiger partial charge in [-0.05, 0) is 53.1 Å². The summed E-state index contributed by atoms with van der Waals surface area (Å²) in [5.41, 5.74) is 1.80. The van der Waals surface area contributed by atoms with Crippen LogP contribution in [0.5, 0.6) is 5.75 Å². The molecule has 1 aliphatic rings. The van der Waals surface area contributed by atoms with E-state index in [4.69, 9.17) is 4.74 Å². The summed E-state index contributed by atoms with van der Waals surface area (Å²) in [6.07, 6.45) is -4.31. The molecule has 40 heavy (non-hydrogen) atoms. The molecule has 4 aromatic carbocycles. The Morgan fingerprint density at radius 2 is 1.62 bits per heavy atom. The Morgan fingerprint density at radius 1 is 0.925 bits per heavy atom. The van der Waals surface area contributed by atoms with Crippen molar-refractivity contribution in [1.29, 1.82) is 0 Å². The van der Waals surface area contributed by atoms with Crippen LogP contribution < -0.4 is 14.4 Å². The lowest BCUT2D eigenvalue weighted by Gasteiger charge is -2.26. The smallest absolute Gasteiger partial charge is 0.416 e. The fourth-order valence-corrected chi connectivity index (χ4v) is 6.46. The van der Waals surface area contributed by atoms with Crippen LogP contribution in [0.15, 0.2) is 102 Å². The van der Waals surface area contributed by atoms with Crippen molar-refractivity contribution < 1.29 is 31.1 Å². The van der Waals surface area contributed by atoms with E-state index >= 15 is 0 Å². The van der Waals surface area contributed by atoms with E-state index in [9.17, 15) is 26.4 Å². The Labute approximate surface area is 230 Å². The first-order valence-electron chi connectivity index (χ1n) is 12.4. The number of hydrogen-bond acceptors (Lipinski definition) is 4. The number of nitrogens with one attached hydrogen (secondary N) is 1. The summed E-state index contributed by atoms with van der Waals surface area (Å²) in [4.78, 5) is 13.3. The van der Waals surface area contributed by atoms with Gasteiger partial charge in [-0.3, -0.25) is 9.10 Å². The summed E-state index contributed by atoms with van der Waals surface area (Å²) in [5, 5.41) is 2.84. The molecule has 0 aliphatic carbocycles. The van der Waals surface area contributed by atoms with E-state index in [0.29, 0.717) is 28.1 Å². The summed E-state index contributed by atoms with van der Waals surface area (Å²) < 4.78 is 73.8. The van der Waals surface area contributed by atoms with Crippen molar-refractivity contribution in [2.45, 2.75) is 30.1 Å². The van der Waals surface area contributed by atoms with Crippen LogP contribution in [0.25, 0.3) is 11.1 Å². The molecule has 1 N–H and O–H groups in total. The zero-order valence-corrected chi connectivity index (χ0v) is 22.2. The molecule has 0 unspecified atom stereocenters. The fraction of sp³-hybridized carbons (Fsp3) is 0.167. The van der Waals surface area contributed by atoms with Crippen molar-refractivity contribution in [3.63, 3.8) is 0 Å².